The number of thiazole rings is 1. The Morgan fingerprint density at radius 3 is 2.67 bits per heavy atom. The molecule has 8 heteroatoms. The van der Waals surface area contributed by atoms with Crippen LogP contribution in [-0.2, 0) is 27.5 Å². The predicted octanol–water partition coefficient (Wildman–Crippen LogP) is 3.61. The van der Waals surface area contributed by atoms with E-state index in [1.807, 2.05) is 54.6 Å². The third kappa shape index (κ3) is 4.36. The first-order valence-electron chi connectivity index (χ1n) is 8.23. The van der Waals surface area contributed by atoms with Gasteiger partial charge in [-0.3, -0.25) is 0 Å². The molecule has 0 bridgehead atoms. The maximum atomic E-state index is 11.8. The zero-order chi connectivity index (χ0) is 18.5. The van der Waals surface area contributed by atoms with Crippen LogP contribution in [0, 0.1) is 0 Å². The lowest BCUT2D eigenvalue weighted by Gasteiger charge is -2.02. The minimum absolute atomic E-state index is 0.0941. The van der Waals surface area contributed by atoms with Crippen molar-refractivity contribution in [1.29, 1.82) is 0 Å². The fraction of sp³-hybridized carbons (Fsp3) is 0.158. The van der Waals surface area contributed by atoms with Gasteiger partial charge in [-0.05, 0) is 24.3 Å². The maximum Gasteiger partial charge on any atom is 0.332 e. The van der Waals surface area contributed by atoms with E-state index >= 15 is 0 Å². The summed E-state index contributed by atoms with van der Waals surface area (Å²) in [5.41, 5.74) is 1.73. The van der Waals surface area contributed by atoms with Gasteiger partial charge in [-0.15, -0.1) is 21.5 Å². The number of carbonyl (C=O) groups excluding carboxylic acids is 1. The van der Waals surface area contributed by atoms with Gasteiger partial charge in [-0.1, -0.05) is 30.3 Å². The average molecular weight is 381 g/mol. The molecule has 2 heterocycles. The van der Waals surface area contributed by atoms with Crippen molar-refractivity contribution in [1.82, 2.24) is 15.2 Å². The zero-order valence-corrected chi connectivity index (χ0v) is 15.0. The van der Waals surface area contributed by atoms with Crippen molar-refractivity contribution in [3.8, 4) is 11.5 Å². The molecule has 0 amide bonds. The highest BCUT2D eigenvalue weighted by atomic mass is 32.1. The minimum Gasteiger partial charge on any atom is -0.454 e. The number of carbonyl (C=O) groups is 1. The van der Waals surface area contributed by atoms with E-state index in [0.717, 1.165) is 20.8 Å². The van der Waals surface area contributed by atoms with Crippen molar-refractivity contribution in [2.24, 2.45) is 0 Å². The average Bonchev–Trinajstić information content (AvgIpc) is 3.34. The molecule has 27 heavy (non-hydrogen) atoms. The molecule has 0 saturated carbocycles. The number of esters is 1. The topological polar surface area (TPSA) is 87.3 Å². The molecule has 2 aromatic heterocycles. The van der Waals surface area contributed by atoms with E-state index in [0.29, 0.717) is 5.89 Å². The summed E-state index contributed by atoms with van der Waals surface area (Å²) < 4.78 is 17.0. The van der Waals surface area contributed by atoms with E-state index in [1.54, 1.807) is 0 Å². The molecule has 0 radical (unpaired) electrons. The van der Waals surface area contributed by atoms with Gasteiger partial charge in [0.25, 0.3) is 5.89 Å². The van der Waals surface area contributed by atoms with Crippen LogP contribution in [0.5, 0.6) is 0 Å². The summed E-state index contributed by atoms with van der Waals surface area (Å²) in [6.07, 6.45) is 0. The highest BCUT2D eigenvalue weighted by Crippen LogP contribution is 2.22. The van der Waals surface area contributed by atoms with Crippen molar-refractivity contribution in [2.75, 3.05) is 6.61 Å². The van der Waals surface area contributed by atoms with Gasteiger partial charge in [-0.25, -0.2) is 9.78 Å². The third-order valence-electron chi connectivity index (χ3n) is 3.63. The van der Waals surface area contributed by atoms with E-state index in [2.05, 4.69) is 15.2 Å². The Balaban J connectivity index is 1.23. The van der Waals surface area contributed by atoms with Crippen LogP contribution in [0.3, 0.4) is 0 Å². The lowest BCUT2D eigenvalue weighted by atomic mass is 10.2. The second kappa shape index (κ2) is 8.07. The first kappa shape index (κ1) is 17.3. The molecular formula is C19H15N3O4S. The number of benzene rings is 2. The molecule has 0 aliphatic carbocycles. The van der Waals surface area contributed by atoms with Crippen LogP contribution in [0.2, 0.25) is 0 Å². The van der Waals surface area contributed by atoms with Gasteiger partial charge in [0.15, 0.2) is 6.61 Å². The molecular weight excluding hydrogens is 366 g/mol. The molecule has 4 rings (SSSR count). The molecule has 0 aliphatic rings. The second-order valence-corrected chi connectivity index (χ2v) is 6.71. The van der Waals surface area contributed by atoms with E-state index < -0.39 is 5.97 Å². The number of nitrogens with zero attached hydrogens (tertiary/aromatic N) is 3. The van der Waals surface area contributed by atoms with Gasteiger partial charge in [0, 0.05) is 5.56 Å². The monoisotopic (exact) mass is 381 g/mol. The molecule has 0 aliphatic heterocycles. The Hall–Kier alpha value is -3.10. The molecule has 0 saturated heterocycles. The number of aromatic nitrogens is 3. The van der Waals surface area contributed by atoms with Gasteiger partial charge >= 0.3 is 5.97 Å². The van der Waals surface area contributed by atoms with Gasteiger partial charge in [0.2, 0.25) is 5.89 Å². The summed E-state index contributed by atoms with van der Waals surface area (Å²) in [6, 6.07) is 17.2. The molecule has 0 atom stereocenters. The lowest BCUT2D eigenvalue weighted by Crippen LogP contribution is -2.12. The maximum absolute atomic E-state index is 11.8. The molecule has 0 spiro atoms. The number of hydrogen-bond donors (Lipinski definition) is 0. The summed E-state index contributed by atoms with van der Waals surface area (Å²) in [6.45, 7) is -0.00801. The molecule has 2 aromatic carbocycles. The second-order valence-electron chi connectivity index (χ2n) is 5.60. The fourth-order valence-corrected chi connectivity index (χ4v) is 3.30. The highest BCUT2D eigenvalue weighted by molar-refractivity contribution is 7.18. The number of para-hydroxylation sites is 1. The molecule has 0 unspecified atom stereocenters. The van der Waals surface area contributed by atoms with Crippen LogP contribution in [0.1, 0.15) is 10.9 Å². The number of rotatable bonds is 7. The van der Waals surface area contributed by atoms with Gasteiger partial charge < -0.3 is 13.9 Å². The summed E-state index contributed by atoms with van der Waals surface area (Å²) in [7, 11) is 0. The summed E-state index contributed by atoms with van der Waals surface area (Å²) >= 11 is 1.54. The Morgan fingerprint density at radius 1 is 1.00 bits per heavy atom. The Kier molecular flexibility index (Phi) is 5.17. The SMILES string of the molecule is O=C(COCc1nc2ccccc2s1)OCc1nnc(-c2ccccc2)o1. The van der Waals surface area contributed by atoms with Crippen LogP contribution < -0.4 is 0 Å². The van der Waals surface area contributed by atoms with Crippen LogP contribution in [0.4, 0.5) is 0 Å². The summed E-state index contributed by atoms with van der Waals surface area (Å²) in [5.74, 6) is 0.109. The fourth-order valence-electron chi connectivity index (χ4n) is 2.40. The molecule has 4 aromatic rings. The van der Waals surface area contributed by atoms with Crippen LogP contribution >= 0.6 is 11.3 Å². The van der Waals surface area contributed by atoms with Crippen molar-refractivity contribution in [3.05, 3.63) is 65.5 Å². The van der Waals surface area contributed by atoms with E-state index in [9.17, 15) is 4.79 Å². The number of hydrogen-bond acceptors (Lipinski definition) is 8. The van der Waals surface area contributed by atoms with Crippen molar-refractivity contribution in [2.45, 2.75) is 13.2 Å². The highest BCUT2D eigenvalue weighted by Gasteiger charge is 2.11. The summed E-state index contributed by atoms with van der Waals surface area (Å²) in [5, 5.41) is 8.63. The van der Waals surface area contributed by atoms with E-state index in [1.165, 1.54) is 11.3 Å². The van der Waals surface area contributed by atoms with Crippen LogP contribution in [-0.4, -0.2) is 27.8 Å². The van der Waals surface area contributed by atoms with Crippen molar-refractivity contribution >= 4 is 27.5 Å². The summed E-state index contributed by atoms with van der Waals surface area (Å²) in [4.78, 5) is 16.2. The van der Waals surface area contributed by atoms with Gasteiger partial charge in [-0.2, -0.15) is 0 Å². The largest absolute Gasteiger partial charge is 0.454 e. The van der Waals surface area contributed by atoms with Crippen LogP contribution in [0.25, 0.3) is 21.7 Å². The van der Waals surface area contributed by atoms with Crippen LogP contribution in [0.15, 0.2) is 59.0 Å². The standard InChI is InChI=1S/C19H15N3O4S/c23-18(12-24-11-17-20-14-8-4-5-9-15(14)27-17)25-10-16-21-22-19(26-16)13-6-2-1-3-7-13/h1-9H,10-12H2. The molecule has 136 valence electrons. The molecule has 7 nitrogen and oxygen atoms in total. The van der Waals surface area contributed by atoms with Crippen molar-refractivity contribution < 1.29 is 18.7 Å². The Bertz CT molecular complexity index is 1010. The Labute approximate surface area is 158 Å². The Morgan fingerprint density at radius 2 is 1.81 bits per heavy atom. The van der Waals surface area contributed by atoms with Crippen molar-refractivity contribution in [3.63, 3.8) is 0 Å². The first-order chi connectivity index (χ1) is 13.3. The lowest BCUT2D eigenvalue weighted by molar-refractivity contribution is -0.151. The van der Waals surface area contributed by atoms with Gasteiger partial charge in [0.05, 0.1) is 16.8 Å². The zero-order valence-electron chi connectivity index (χ0n) is 14.2. The van der Waals surface area contributed by atoms with Gasteiger partial charge in [0.1, 0.15) is 11.6 Å². The predicted molar refractivity (Wildman–Crippen MR) is 98.8 cm³/mol. The number of fused-ring (bicyclic) bond motifs is 1. The first-order valence-corrected chi connectivity index (χ1v) is 9.05. The number of ether oxygens (including phenoxy) is 2. The quantitative estimate of drug-likeness (QED) is 0.452. The van der Waals surface area contributed by atoms with E-state index in [4.69, 9.17) is 13.9 Å². The normalized spacial score (nSPS) is 11.0. The third-order valence-corrected chi connectivity index (χ3v) is 4.64. The van der Waals surface area contributed by atoms with E-state index in [-0.39, 0.29) is 25.7 Å². The molecule has 0 fully saturated rings. The molecule has 0 N–H and O–H groups in total. The smallest absolute Gasteiger partial charge is 0.332 e. The minimum atomic E-state index is -0.504.